The van der Waals surface area contributed by atoms with Gasteiger partial charge in [-0.1, -0.05) is 36.8 Å². The van der Waals surface area contributed by atoms with Crippen LogP contribution < -0.4 is 0 Å². The summed E-state index contributed by atoms with van der Waals surface area (Å²) in [6.45, 7) is 3.56. The third-order valence-corrected chi connectivity index (χ3v) is 2.80. The Morgan fingerprint density at radius 3 is 2.12 bits per heavy atom. The highest BCUT2D eigenvalue weighted by Crippen LogP contribution is 2.32. The minimum absolute atomic E-state index is 0.192. The molecule has 0 bridgehead atoms. The summed E-state index contributed by atoms with van der Waals surface area (Å²) in [5.41, 5.74) is 0.871. The molecule has 0 saturated carbocycles. The summed E-state index contributed by atoms with van der Waals surface area (Å²) in [7, 11) is 0. The van der Waals surface area contributed by atoms with Crippen LogP contribution in [0.15, 0.2) is 24.3 Å². The number of rotatable bonds is 5. The molecular formula is C13H16O4. The molecule has 0 aliphatic heterocycles. The number of benzene rings is 1. The Morgan fingerprint density at radius 2 is 1.71 bits per heavy atom. The molecule has 0 aliphatic rings. The summed E-state index contributed by atoms with van der Waals surface area (Å²) in [6.07, 6.45) is -0.383. The van der Waals surface area contributed by atoms with Gasteiger partial charge in [-0.2, -0.15) is 0 Å². The predicted octanol–water partition coefficient (Wildman–Crippen LogP) is 2.20. The Balaban J connectivity index is 3.13. The van der Waals surface area contributed by atoms with Crippen molar-refractivity contribution in [1.82, 2.24) is 0 Å². The topological polar surface area (TPSA) is 74.6 Å². The fourth-order valence-electron chi connectivity index (χ4n) is 1.95. The van der Waals surface area contributed by atoms with Crippen LogP contribution >= 0.6 is 0 Å². The largest absolute Gasteiger partial charge is 0.481 e. The molecule has 0 heterocycles. The second kappa shape index (κ2) is 4.99. The molecule has 1 aromatic carbocycles. The van der Waals surface area contributed by atoms with Crippen LogP contribution in [0.1, 0.15) is 30.9 Å². The number of aryl methyl sites for hydroxylation is 1. The molecule has 2 N–H and O–H groups in total. The maximum Gasteiger partial charge on any atom is 0.304 e. The van der Waals surface area contributed by atoms with Gasteiger partial charge in [0.25, 0.3) is 0 Å². The van der Waals surface area contributed by atoms with Gasteiger partial charge < -0.3 is 10.2 Å². The first-order valence-electron chi connectivity index (χ1n) is 5.34. The van der Waals surface area contributed by atoms with Crippen molar-refractivity contribution in [3.05, 3.63) is 35.4 Å². The van der Waals surface area contributed by atoms with Crippen LogP contribution in [-0.2, 0) is 15.0 Å². The van der Waals surface area contributed by atoms with Crippen LogP contribution in [0.5, 0.6) is 0 Å². The molecule has 0 unspecified atom stereocenters. The molecule has 4 heteroatoms. The van der Waals surface area contributed by atoms with Crippen molar-refractivity contribution in [2.45, 2.75) is 32.1 Å². The van der Waals surface area contributed by atoms with Crippen molar-refractivity contribution < 1.29 is 19.8 Å². The highest BCUT2D eigenvalue weighted by Gasteiger charge is 2.32. The van der Waals surface area contributed by atoms with Crippen molar-refractivity contribution in [1.29, 1.82) is 0 Å². The average Bonchev–Trinajstić information content (AvgIpc) is 2.14. The van der Waals surface area contributed by atoms with Crippen LogP contribution in [0.3, 0.4) is 0 Å². The van der Waals surface area contributed by atoms with E-state index in [0.29, 0.717) is 0 Å². The molecule has 1 rings (SSSR count). The number of hydrogen-bond acceptors (Lipinski definition) is 2. The molecule has 0 aromatic heterocycles. The molecule has 0 saturated heterocycles. The number of aliphatic carboxylic acids is 2. The maximum absolute atomic E-state index is 10.9. The normalized spacial score (nSPS) is 11.2. The summed E-state index contributed by atoms with van der Waals surface area (Å²) in [6, 6.07) is 7.32. The van der Waals surface area contributed by atoms with Gasteiger partial charge in [-0.3, -0.25) is 9.59 Å². The first kappa shape index (κ1) is 13.2. The Kier molecular flexibility index (Phi) is 3.89. The molecule has 0 radical (unpaired) electrons. The Hall–Kier alpha value is -1.84. The Bertz CT molecular complexity index is 421. The van der Waals surface area contributed by atoms with Crippen LogP contribution in [0.25, 0.3) is 0 Å². The molecule has 0 amide bonds. The lowest BCUT2D eigenvalue weighted by Gasteiger charge is -2.27. The lowest BCUT2D eigenvalue weighted by atomic mass is 9.76. The number of carbonyl (C=O) groups is 2. The standard InChI is InChI=1S/C13H16O4/c1-9-4-3-5-10(6-9)13(2,7-11(14)15)8-12(16)17/h3-6H,7-8H2,1-2H3,(H,14,15)(H,16,17). The third kappa shape index (κ3) is 3.59. The zero-order chi connectivity index (χ0) is 13.1. The summed E-state index contributed by atoms with van der Waals surface area (Å²) < 4.78 is 0. The third-order valence-electron chi connectivity index (χ3n) is 2.80. The Labute approximate surface area is 99.9 Å². The van der Waals surface area contributed by atoms with Crippen molar-refractivity contribution in [3.8, 4) is 0 Å². The highest BCUT2D eigenvalue weighted by atomic mass is 16.4. The summed E-state index contributed by atoms with van der Waals surface area (Å²) in [5.74, 6) is -1.98. The monoisotopic (exact) mass is 236 g/mol. The van der Waals surface area contributed by atoms with E-state index < -0.39 is 17.4 Å². The number of carboxylic acids is 2. The van der Waals surface area contributed by atoms with Crippen LogP contribution in [0, 0.1) is 6.92 Å². The molecule has 0 spiro atoms. The van der Waals surface area contributed by atoms with Gasteiger partial charge in [-0.25, -0.2) is 0 Å². The van der Waals surface area contributed by atoms with Crippen molar-refractivity contribution in [3.63, 3.8) is 0 Å². The van der Waals surface area contributed by atoms with E-state index in [1.165, 1.54) is 0 Å². The summed E-state index contributed by atoms with van der Waals surface area (Å²) in [5, 5.41) is 17.8. The van der Waals surface area contributed by atoms with E-state index >= 15 is 0 Å². The van der Waals surface area contributed by atoms with E-state index in [1.54, 1.807) is 13.0 Å². The number of hydrogen-bond donors (Lipinski definition) is 2. The van der Waals surface area contributed by atoms with Gasteiger partial charge >= 0.3 is 11.9 Å². The zero-order valence-corrected chi connectivity index (χ0v) is 9.93. The molecule has 0 aliphatic carbocycles. The average molecular weight is 236 g/mol. The van der Waals surface area contributed by atoms with Gasteiger partial charge in [0.2, 0.25) is 0 Å². The van der Waals surface area contributed by atoms with E-state index in [0.717, 1.165) is 11.1 Å². The van der Waals surface area contributed by atoms with E-state index in [2.05, 4.69) is 0 Å². The second-order valence-corrected chi connectivity index (χ2v) is 4.57. The lowest BCUT2D eigenvalue weighted by molar-refractivity contribution is -0.141. The summed E-state index contributed by atoms with van der Waals surface area (Å²) in [4.78, 5) is 21.7. The first-order valence-corrected chi connectivity index (χ1v) is 5.34. The second-order valence-electron chi connectivity index (χ2n) is 4.57. The Morgan fingerprint density at radius 1 is 1.18 bits per heavy atom. The van der Waals surface area contributed by atoms with Gasteiger partial charge in [-0.05, 0) is 12.5 Å². The fraction of sp³-hybridized carbons (Fsp3) is 0.385. The van der Waals surface area contributed by atoms with Gasteiger partial charge in [-0.15, -0.1) is 0 Å². The van der Waals surface area contributed by atoms with Crippen LogP contribution in [0.4, 0.5) is 0 Å². The molecule has 0 fully saturated rings. The van der Waals surface area contributed by atoms with Crippen molar-refractivity contribution in [2.75, 3.05) is 0 Å². The molecule has 0 atom stereocenters. The van der Waals surface area contributed by atoms with Crippen LogP contribution in [0.2, 0.25) is 0 Å². The van der Waals surface area contributed by atoms with Crippen molar-refractivity contribution in [2.24, 2.45) is 0 Å². The van der Waals surface area contributed by atoms with Gasteiger partial charge in [0.15, 0.2) is 0 Å². The van der Waals surface area contributed by atoms with E-state index in [-0.39, 0.29) is 12.8 Å². The van der Waals surface area contributed by atoms with Gasteiger partial charge in [0.05, 0.1) is 12.8 Å². The lowest BCUT2D eigenvalue weighted by Crippen LogP contribution is -2.29. The van der Waals surface area contributed by atoms with Gasteiger partial charge in [0, 0.05) is 5.41 Å². The van der Waals surface area contributed by atoms with Crippen molar-refractivity contribution >= 4 is 11.9 Å². The van der Waals surface area contributed by atoms with Gasteiger partial charge in [0.1, 0.15) is 0 Å². The molecule has 92 valence electrons. The SMILES string of the molecule is Cc1cccc(C(C)(CC(=O)O)CC(=O)O)c1. The highest BCUT2D eigenvalue weighted by molar-refractivity contribution is 5.74. The first-order chi connectivity index (χ1) is 7.83. The molecule has 4 nitrogen and oxygen atoms in total. The molecule has 1 aromatic rings. The summed E-state index contributed by atoms with van der Waals surface area (Å²) >= 11 is 0. The number of carboxylic acid groups (broad SMARTS) is 2. The van der Waals surface area contributed by atoms with Crippen LogP contribution in [-0.4, -0.2) is 22.2 Å². The van der Waals surface area contributed by atoms with E-state index in [4.69, 9.17) is 10.2 Å². The molecule has 17 heavy (non-hydrogen) atoms. The fourth-order valence-corrected chi connectivity index (χ4v) is 1.95. The minimum Gasteiger partial charge on any atom is -0.481 e. The maximum atomic E-state index is 10.9. The van der Waals surface area contributed by atoms with E-state index in [1.807, 2.05) is 25.1 Å². The predicted molar refractivity (Wildman–Crippen MR) is 63.0 cm³/mol. The zero-order valence-electron chi connectivity index (χ0n) is 9.93. The minimum atomic E-state index is -0.991. The quantitative estimate of drug-likeness (QED) is 0.821. The smallest absolute Gasteiger partial charge is 0.304 e. The molecular weight excluding hydrogens is 220 g/mol. The van der Waals surface area contributed by atoms with E-state index in [9.17, 15) is 9.59 Å².